The Morgan fingerprint density at radius 2 is 2.31 bits per heavy atom. The van der Waals surface area contributed by atoms with Crippen LogP contribution < -0.4 is 5.43 Å². The van der Waals surface area contributed by atoms with Gasteiger partial charge in [-0.3, -0.25) is 0 Å². The normalized spacial score (nSPS) is 17.6. The fourth-order valence-electron chi connectivity index (χ4n) is 1.19. The molecule has 0 aromatic heterocycles. The maximum atomic E-state index is 11.3. The minimum absolute atomic E-state index is 0.0339. The van der Waals surface area contributed by atoms with Crippen LogP contribution in [-0.2, 0) is 14.3 Å². The maximum absolute atomic E-state index is 11.3. The first kappa shape index (κ1) is 12.5. The minimum Gasteiger partial charge on any atom is -0.462 e. The Kier molecular flexibility index (Phi) is 5.32. The van der Waals surface area contributed by atoms with Crippen molar-refractivity contribution < 1.29 is 14.3 Å². The average molecular weight is 225 g/mol. The topological polar surface area (TPSA) is 74.6 Å². The third-order valence-electron chi connectivity index (χ3n) is 2.02. The average Bonchev–Trinajstić information content (AvgIpc) is 2.31. The van der Waals surface area contributed by atoms with Crippen LogP contribution >= 0.6 is 0 Å². The molecule has 1 saturated heterocycles. The zero-order valence-electron chi connectivity index (χ0n) is 9.23. The molecule has 0 amide bonds. The van der Waals surface area contributed by atoms with Crippen molar-refractivity contribution >= 4 is 5.97 Å². The monoisotopic (exact) mass is 225 g/mol. The summed E-state index contributed by atoms with van der Waals surface area (Å²) in [7, 11) is 0. The van der Waals surface area contributed by atoms with Gasteiger partial charge in [0.1, 0.15) is 6.07 Å². The number of rotatable bonds is 4. The molecular formula is C10H15N3O3. The molecule has 6 heteroatoms. The lowest BCUT2D eigenvalue weighted by molar-refractivity contribution is -0.138. The van der Waals surface area contributed by atoms with Crippen molar-refractivity contribution in [2.24, 2.45) is 0 Å². The van der Waals surface area contributed by atoms with Crippen LogP contribution in [-0.4, -0.2) is 43.9 Å². The number of nitriles is 1. The molecular weight excluding hydrogens is 210 g/mol. The second kappa shape index (κ2) is 6.82. The third kappa shape index (κ3) is 3.88. The van der Waals surface area contributed by atoms with Crippen LogP contribution in [0.3, 0.4) is 0 Å². The van der Waals surface area contributed by atoms with Crippen LogP contribution in [0.25, 0.3) is 0 Å². The molecule has 1 heterocycles. The van der Waals surface area contributed by atoms with E-state index in [-0.39, 0.29) is 12.2 Å². The Hall–Kier alpha value is -1.58. The van der Waals surface area contributed by atoms with E-state index in [0.29, 0.717) is 13.2 Å². The largest absolute Gasteiger partial charge is 0.462 e. The van der Waals surface area contributed by atoms with Crippen LogP contribution in [0.2, 0.25) is 0 Å². The van der Waals surface area contributed by atoms with Crippen molar-refractivity contribution in [2.45, 2.75) is 6.92 Å². The maximum Gasteiger partial charge on any atom is 0.350 e. The second-order valence-electron chi connectivity index (χ2n) is 3.12. The predicted octanol–water partition coefficient (Wildman–Crippen LogP) is -0.206. The van der Waals surface area contributed by atoms with Gasteiger partial charge < -0.3 is 14.9 Å². The van der Waals surface area contributed by atoms with Gasteiger partial charge in [0.2, 0.25) is 0 Å². The molecule has 1 fully saturated rings. The van der Waals surface area contributed by atoms with E-state index in [9.17, 15) is 4.79 Å². The Morgan fingerprint density at radius 1 is 1.62 bits per heavy atom. The van der Waals surface area contributed by atoms with Crippen molar-refractivity contribution in [3.63, 3.8) is 0 Å². The van der Waals surface area contributed by atoms with Crippen LogP contribution in [0.4, 0.5) is 0 Å². The van der Waals surface area contributed by atoms with Gasteiger partial charge in [-0.15, -0.1) is 0 Å². The minimum atomic E-state index is -0.606. The number of nitrogens with one attached hydrogen (secondary N) is 1. The molecule has 0 radical (unpaired) electrons. The fraction of sp³-hybridized carbons (Fsp3) is 0.600. The molecule has 0 aromatic rings. The van der Waals surface area contributed by atoms with Gasteiger partial charge in [0.05, 0.1) is 19.8 Å². The Morgan fingerprint density at radius 3 is 2.88 bits per heavy atom. The van der Waals surface area contributed by atoms with E-state index in [1.165, 1.54) is 6.20 Å². The van der Waals surface area contributed by atoms with E-state index >= 15 is 0 Å². The highest BCUT2D eigenvalue weighted by molar-refractivity contribution is 5.92. The van der Waals surface area contributed by atoms with Gasteiger partial charge in [0.15, 0.2) is 5.57 Å². The van der Waals surface area contributed by atoms with E-state index in [1.807, 2.05) is 5.01 Å². The van der Waals surface area contributed by atoms with E-state index in [4.69, 9.17) is 14.7 Å². The first-order valence-electron chi connectivity index (χ1n) is 5.14. The number of ether oxygens (including phenoxy) is 2. The van der Waals surface area contributed by atoms with Crippen LogP contribution in [0.15, 0.2) is 11.8 Å². The molecule has 0 atom stereocenters. The van der Waals surface area contributed by atoms with Gasteiger partial charge in [-0.2, -0.15) is 5.26 Å². The van der Waals surface area contributed by atoms with Crippen LogP contribution in [0.1, 0.15) is 6.92 Å². The van der Waals surface area contributed by atoms with Crippen LogP contribution in [0.5, 0.6) is 0 Å². The second-order valence-corrected chi connectivity index (χ2v) is 3.12. The quantitative estimate of drug-likeness (QED) is 0.405. The summed E-state index contributed by atoms with van der Waals surface area (Å²) >= 11 is 0. The van der Waals surface area contributed by atoms with Crippen molar-refractivity contribution in [3.05, 3.63) is 11.8 Å². The third-order valence-corrected chi connectivity index (χ3v) is 2.02. The molecule has 1 aliphatic heterocycles. The zero-order valence-corrected chi connectivity index (χ0v) is 9.23. The first-order chi connectivity index (χ1) is 7.77. The van der Waals surface area contributed by atoms with Gasteiger partial charge in [0, 0.05) is 19.3 Å². The number of esters is 1. The van der Waals surface area contributed by atoms with Gasteiger partial charge in [-0.05, 0) is 6.92 Å². The molecule has 16 heavy (non-hydrogen) atoms. The molecule has 0 unspecified atom stereocenters. The van der Waals surface area contributed by atoms with Crippen LogP contribution in [0, 0.1) is 11.3 Å². The summed E-state index contributed by atoms with van der Waals surface area (Å²) in [4.78, 5) is 11.3. The molecule has 6 nitrogen and oxygen atoms in total. The highest BCUT2D eigenvalue weighted by atomic mass is 16.5. The van der Waals surface area contributed by atoms with E-state index in [1.54, 1.807) is 13.0 Å². The summed E-state index contributed by atoms with van der Waals surface area (Å²) in [6.07, 6.45) is 1.36. The lowest BCUT2D eigenvalue weighted by atomic mass is 10.3. The molecule has 0 bridgehead atoms. The number of hydrogen-bond acceptors (Lipinski definition) is 6. The molecule has 0 aliphatic carbocycles. The molecule has 1 N–H and O–H groups in total. The van der Waals surface area contributed by atoms with E-state index < -0.39 is 5.97 Å². The van der Waals surface area contributed by atoms with Crippen molar-refractivity contribution in [3.8, 4) is 6.07 Å². The lowest BCUT2D eigenvalue weighted by Gasteiger charge is -2.26. The Balaban J connectivity index is 2.46. The number of carbonyl (C=O) groups excluding carboxylic acids is 1. The Labute approximate surface area is 94.4 Å². The van der Waals surface area contributed by atoms with Gasteiger partial charge in [0.25, 0.3) is 0 Å². The summed E-state index contributed by atoms with van der Waals surface area (Å²) < 4.78 is 9.88. The lowest BCUT2D eigenvalue weighted by Crippen LogP contribution is -2.43. The summed E-state index contributed by atoms with van der Waals surface area (Å²) in [5.74, 6) is -0.606. The summed E-state index contributed by atoms with van der Waals surface area (Å²) in [5, 5.41) is 10.6. The van der Waals surface area contributed by atoms with Gasteiger partial charge >= 0.3 is 5.97 Å². The molecule has 0 saturated carbocycles. The molecule has 1 rings (SSSR count). The summed E-state index contributed by atoms with van der Waals surface area (Å²) in [6.45, 7) is 4.68. The number of morpholine rings is 1. The standard InChI is InChI=1S/C10H15N3O3/c1-2-16-10(14)9(7-11)8-12-13-3-5-15-6-4-13/h8,12H,2-6H2,1H3/b9-8+. The highest BCUT2D eigenvalue weighted by Crippen LogP contribution is 1.97. The number of nitrogens with zero attached hydrogens (tertiary/aromatic N) is 2. The SMILES string of the molecule is CCOC(=O)/C(C#N)=C/NN1CCOCC1. The van der Waals surface area contributed by atoms with Crippen molar-refractivity contribution in [1.29, 1.82) is 5.26 Å². The first-order valence-corrected chi connectivity index (χ1v) is 5.14. The van der Waals surface area contributed by atoms with E-state index in [0.717, 1.165) is 13.1 Å². The van der Waals surface area contributed by atoms with Gasteiger partial charge in [-0.25, -0.2) is 9.80 Å². The fourth-order valence-corrected chi connectivity index (χ4v) is 1.19. The van der Waals surface area contributed by atoms with Gasteiger partial charge in [-0.1, -0.05) is 0 Å². The summed E-state index contributed by atoms with van der Waals surface area (Å²) in [5.41, 5.74) is 2.85. The number of hydrazine groups is 1. The smallest absolute Gasteiger partial charge is 0.350 e. The predicted molar refractivity (Wildman–Crippen MR) is 55.9 cm³/mol. The van der Waals surface area contributed by atoms with Crippen molar-refractivity contribution in [1.82, 2.24) is 10.4 Å². The highest BCUT2D eigenvalue weighted by Gasteiger charge is 2.12. The van der Waals surface area contributed by atoms with E-state index in [2.05, 4.69) is 5.43 Å². The molecule has 88 valence electrons. The molecule has 1 aliphatic rings. The zero-order chi connectivity index (χ0) is 11.8. The summed E-state index contributed by atoms with van der Waals surface area (Å²) in [6, 6.07) is 1.79. The number of hydrogen-bond donors (Lipinski definition) is 1. The number of carbonyl (C=O) groups is 1. The molecule has 0 spiro atoms. The Bertz CT molecular complexity index is 303. The molecule has 0 aromatic carbocycles. The van der Waals surface area contributed by atoms with Crippen molar-refractivity contribution in [2.75, 3.05) is 32.9 Å².